The van der Waals surface area contributed by atoms with Crippen LogP contribution in [-0.4, -0.2) is 47.3 Å². The molecule has 1 aliphatic carbocycles. The number of aryl methyl sites for hydroxylation is 1. The number of pyridine rings is 2. The molecule has 0 radical (unpaired) electrons. The van der Waals surface area contributed by atoms with E-state index in [0.717, 1.165) is 36.2 Å². The summed E-state index contributed by atoms with van der Waals surface area (Å²) in [6.07, 6.45) is 9.90. The van der Waals surface area contributed by atoms with Gasteiger partial charge in [-0.25, -0.2) is 4.79 Å². The summed E-state index contributed by atoms with van der Waals surface area (Å²) < 4.78 is 12.0. The van der Waals surface area contributed by atoms with E-state index in [1.54, 1.807) is 19.2 Å². The average molecular weight is 426 g/mol. The number of anilines is 1. The van der Waals surface area contributed by atoms with Crippen molar-refractivity contribution in [1.29, 1.82) is 0 Å². The van der Waals surface area contributed by atoms with E-state index in [0.29, 0.717) is 24.6 Å². The van der Waals surface area contributed by atoms with Gasteiger partial charge in [0.2, 0.25) is 0 Å². The van der Waals surface area contributed by atoms with Gasteiger partial charge in [0.1, 0.15) is 11.9 Å². The van der Waals surface area contributed by atoms with E-state index in [1.807, 2.05) is 12.3 Å². The normalized spacial score (nSPS) is 24.1. The Bertz CT molecular complexity index is 911. The van der Waals surface area contributed by atoms with E-state index in [-0.39, 0.29) is 11.7 Å². The quantitative estimate of drug-likeness (QED) is 0.740. The molecule has 1 saturated carbocycles. The van der Waals surface area contributed by atoms with Gasteiger partial charge in [0.05, 0.1) is 49.1 Å². The van der Waals surface area contributed by atoms with Crippen LogP contribution >= 0.6 is 0 Å². The summed E-state index contributed by atoms with van der Waals surface area (Å²) in [5, 5.41) is 9.22. The first-order chi connectivity index (χ1) is 15.0. The molecule has 1 unspecified atom stereocenters. The fourth-order valence-corrected chi connectivity index (χ4v) is 4.41. The lowest BCUT2D eigenvalue weighted by atomic mass is 9.83. The van der Waals surface area contributed by atoms with Gasteiger partial charge in [0.25, 0.3) is 0 Å². The zero-order valence-corrected chi connectivity index (χ0v) is 18.3. The fourth-order valence-electron chi connectivity index (χ4n) is 4.41. The van der Waals surface area contributed by atoms with Crippen molar-refractivity contribution in [2.24, 2.45) is 11.8 Å². The van der Waals surface area contributed by atoms with Crippen molar-refractivity contribution in [3.8, 4) is 5.75 Å². The minimum Gasteiger partial charge on any atom is -0.492 e. The lowest BCUT2D eigenvalue weighted by molar-refractivity contribution is 0.0368. The summed E-state index contributed by atoms with van der Waals surface area (Å²) >= 11 is 0. The first-order valence-electron chi connectivity index (χ1n) is 11.1. The second kappa shape index (κ2) is 9.64. The van der Waals surface area contributed by atoms with Crippen molar-refractivity contribution < 1.29 is 19.4 Å². The number of ether oxygens (including phenoxy) is 2. The van der Waals surface area contributed by atoms with Crippen LogP contribution < -0.4 is 9.64 Å². The number of carboxylic acid groups (broad SMARTS) is 1. The number of nitrogens with zero attached hydrogens (tertiary/aromatic N) is 3. The molecule has 0 spiro atoms. The summed E-state index contributed by atoms with van der Waals surface area (Å²) in [4.78, 5) is 22.2. The molecule has 1 N–H and O–H groups in total. The number of hydrogen-bond acceptors (Lipinski definition) is 6. The first kappa shape index (κ1) is 21.6. The molecule has 0 bridgehead atoms. The Morgan fingerprint density at radius 1 is 1.23 bits per heavy atom. The molecule has 2 aromatic heterocycles. The highest BCUT2D eigenvalue weighted by Gasteiger charge is 2.25. The maximum Gasteiger partial charge on any atom is 0.337 e. The topological polar surface area (TPSA) is 84.8 Å². The third-order valence-corrected chi connectivity index (χ3v) is 6.44. The molecular formula is C24H31N3O4. The van der Waals surface area contributed by atoms with Crippen LogP contribution in [0.4, 0.5) is 5.69 Å². The number of aromatic carboxylic acids is 1. The fraction of sp³-hybridized carbons (Fsp3) is 0.542. The molecule has 2 aromatic rings. The zero-order chi connectivity index (χ0) is 21.8. The van der Waals surface area contributed by atoms with Crippen molar-refractivity contribution in [2.45, 2.75) is 45.6 Å². The molecule has 2 fully saturated rings. The van der Waals surface area contributed by atoms with Crippen LogP contribution in [0.3, 0.4) is 0 Å². The molecule has 31 heavy (non-hydrogen) atoms. The molecule has 7 heteroatoms. The smallest absolute Gasteiger partial charge is 0.337 e. The van der Waals surface area contributed by atoms with E-state index < -0.39 is 5.97 Å². The SMILES string of the molecule is Cc1cc(C2CN(c3cncc(OC[C@H]4CC[C@H](C)CC4)c3)CCO2)ncc1C(=O)O. The average Bonchev–Trinajstić information content (AvgIpc) is 2.79. The number of rotatable bonds is 6. The zero-order valence-electron chi connectivity index (χ0n) is 18.3. The van der Waals surface area contributed by atoms with Gasteiger partial charge >= 0.3 is 5.97 Å². The van der Waals surface area contributed by atoms with Crippen LogP contribution in [0.1, 0.15) is 60.3 Å². The monoisotopic (exact) mass is 425 g/mol. The molecule has 0 aromatic carbocycles. The van der Waals surface area contributed by atoms with Gasteiger partial charge in [-0.05, 0) is 43.2 Å². The molecule has 7 nitrogen and oxygen atoms in total. The molecule has 2 aliphatic rings. The highest BCUT2D eigenvalue weighted by Crippen LogP contribution is 2.30. The molecule has 0 amide bonds. The number of aromatic nitrogens is 2. The van der Waals surface area contributed by atoms with Crippen molar-refractivity contribution >= 4 is 11.7 Å². The van der Waals surface area contributed by atoms with Crippen molar-refractivity contribution in [1.82, 2.24) is 9.97 Å². The third-order valence-electron chi connectivity index (χ3n) is 6.44. The van der Waals surface area contributed by atoms with Crippen molar-refractivity contribution in [2.75, 3.05) is 31.2 Å². The van der Waals surface area contributed by atoms with Gasteiger partial charge in [-0.2, -0.15) is 0 Å². The highest BCUT2D eigenvalue weighted by molar-refractivity contribution is 5.88. The maximum atomic E-state index is 11.2. The predicted molar refractivity (Wildman–Crippen MR) is 118 cm³/mol. The van der Waals surface area contributed by atoms with E-state index >= 15 is 0 Å². The molecule has 166 valence electrons. The second-order valence-corrected chi connectivity index (χ2v) is 8.85. The number of hydrogen-bond donors (Lipinski definition) is 1. The Labute approximate surface area is 183 Å². The Morgan fingerprint density at radius 2 is 2.03 bits per heavy atom. The number of carbonyl (C=O) groups is 1. The maximum absolute atomic E-state index is 11.2. The Morgan fingerprint density at radius 3 is 2.77 bits per heavy atom. The molecule has 1 saturated heterocycles. The van der Waals surface area contributed by atoms with Crippen LogP contribution in [-0.2, 0) is 4.74 Å². The number of carboxylic acids is 1. The third kappa shape index (κ3) is 5.34. The molecule has 3 heterocycles. The summed E-state index contributed by atoms with van der Waals surface area (Å²) in [6.45, 7) is 6.82. The summed E-state index contributed by atoms with van der Waals surface area (Å²) in [5.41, 5.74) is 2.66. The van der Waals surface area contributed by atoms with E-state index in [9.17, 15) is 9.90 Å². The molecule has 1 aliphatic heterocycles. The van der Waals surface area contributed by atoms with Crippen LogP contribution in [0.15, 0.2) is 30.7 Å². The minimum atomic E-state index is -0.964. The highest BCUT2D eigenvalue weighted by atomic mass is 16.5. The van der Waals surface area contributed by atoms with Gasteiger partial charge in [0, 0.05) is 18.8 Å². The molecular weight excluding hydrogens is 394 g/mol. The Kier molecular flexibility index (Phi) is 6.70. The van der Waals surface area contributed by atoms with Gasteiger partial charge in [0.15, 0.2) is 0 Å². The first-order valence-corrected chi connectivity index (χ1v) is 11.1. The molecule has 4 rings (SSSR count). The Hall–Kier alpha value is -2.67. The largest absolute Gasteiger partial charge is 0.492 e. The van der Waals surface area contributed by atoms with Crippen LogP contribution in [0.25, 0.3) is 0 Å². The lowest BCUT2D eigenvalue weighted by Crippen LogP contribution is -2.38. The predicted octanol–water partition coefficient (Wildman–Crippen LogP) is 4.27. The standard InChI is InChI=1S/C24H31N3O4/c1-16-3-5-18(6-4-16)15-31-20-10-19(11-25-12-20)27-7-8-30-23(14-27)22-9-17(2)21(13-26-22)24(28)29/h9-13,16,18,23H,3-8,14-15H2,1-2H3,(H,28,29)/t16-,18-,23?. The van der Waals surface area contributed by atoms with Crippen LogP contribution in [0.5, 0.6) is 5.75 Å². The van der Waals surface area contributed by atoms with Gasteiger partial charge in [-0.15, -0.1) is 0 Å². The van der Waals surface area contributed by atoms with Gasteiger partial charge in [-0.3, -0.25) is 9.97 Å². The summed E-state index contributed by atoms with van der Waals surface area (Å²) in [7, 11) is 0. The summed E-state index contributed by atoms with van der Waals surface area (Å²) in [6, 6.07) is 3.85. The van der Waals surface area contributed by atoms with E-state index in [2.05, 4.69) is 21.8 Å². The van der Waals surface area contributed by atoms with Gasteiger partial charge in [-0.1, -0.05) is 19.8 Å². The number of morpholine rings is 1. The van der Waals surface area contributed by atoms with Crippen LogP contribution in [0.2, 0.25) is 0 Å². The molecule has 1 atom stereocenters. The van der Waals surface area contributed by atoms with E-state index in [4.69, 9.17) is 9.47 Å². The van der Waals surface area contributed by atoms with Gasteiger partial charge < -0.3 is 19.5 Å². The minimum absolute atomic E-state index is 0.218. The van der Waals surface area contributed by atoms with Crippen molar-refractivity contribution in [3.05, 3.63) is 47.5 Å². The lowest BCUT2D eigenvalue weighted by Gasteiger charge is -2.34. The second-order valence-electron chi connectivity index (χ2n) is 8.85. The van der Waals surface area contributed by atoms with E-state index in [1.165, 1.54) is 31.9 Å². The summed E-state index contributed by atoms with van der Waals surface area (Å²) in [5.74, 6) is 1.32. The van der Waals surface area contributed by atoms with Crippen molar-refractivity contribution in [3.63, 3.8) is 0 Å². The van der Waals surface area contributed by atoms with Crippen LogP contribution in [0, 0.1) is 18.8 Å². The Balaban J connectivity index is 1.39.